The van der Waals surface area contributed by atoms with Crippen LogP contribution in [-0.4, -0.2) is 5.91 Å². The van der Waals surface area contributed by atoms with Gasteiger partial charge in [0.15, 0.2) is 0 Å². The van der Waals surface area contributed by atoms with Crippen molar-refractivity contribution in [2.45, 2.75) is 6.61 Å². The van der Waals surface area contributed by atoms with Crippen LogP contribution in [-0.2, 0) is 11.4 Å². The molecule has 0 spiro atoms. The predicted molar refractivity (Wildman–Crippen MR) is 154 cm³/mol. The number of hydrogen-bond acceptors (Lipinski definition) is 3. The van der Waals surface area contributed by atoms with Gasteiger partial charge in [-0.05, 0) is 80.0 Å². The number of nitriles is 1. The van der Waals surface area contributed by atoms with E-state index in [0.717, 1.165) is 30.7 Å². The number of carbonyl (C=O) groups excluding carboxylic acids is 1. The van der Waals surface area contributed by atoms with Crippen molar-refractivity contribution in [3.8, 4) is 11.8 Å². The molecule has 0 bridgehead atoms. The van der Waals surface area contributed by atoms with Crippen LogP contribution < -0.4 is 10.1 Å². The molecule has 5 aromatic rings. The third-order valence-corrected chi connectivity index (χ3v) is 6.60. The molecule has 1 amide bonds. The lowest BCUT2D eigenvalue weighted by atomic mass is 10.0. The molecule has 0 aliphatic carbocycles. The van der Waals surface area contributed by atoms with Crippen LogP contribution >= 0.6 is 22.6 Å². The van der Waals surface area contributed by atoms with Crippen molar-refractivity contribution in [3.05, 3.63) is 123 Å². The molecular weight excluding hydrogens is 559 g/mol. The number of nitrogens with zero attached hydrogens (tertiary/aromatic N) is 1. The Morgan fingerprint density at radius 1 is 0.861 bits per heavy atom. The standard InChI is InChI=1S/C31H21IN2O2/c32-25-11-6-12-26(18-25)34-31(35)24(19-33)17-29-28-14-4-2-8-22(28)15-16-30(29)36-20-23-10-5-9-21-7-1-3-13-27(21)23/h1-18H,20H2,(H,34,35)/b24-17+. The van der Waals surface area contributed by atoms with Gasteiger partial charge < -0.3 is 10.1 Å². The van der Waals surface area contributed by atoms with E-state index < -0.39 is 5.91 Å². The Kier molecular flexibility index (Phi) is 6.96. The molecular formula is C31H21IN2O2. The summed E-state index contributed by atoms with van der Waals surface area (Å²) in [7, 11) is 0. The van der Waals surface area contributed by atoms with Crippen molar-refractivity contribution in [1.82, 2.24) is 0 Å². The second-order valence-corrected chi connectivity index (χ2v) is 9.51. The van der Waals surface area contributed by atoms with Gasteiger partial charge in [0, 0.05) is 14.8 Å². The number of amides is 1. The number of fused-ring (bicyclic) bond motifs is 2. The van der Waals surface area contributed by atoms with E-state index >= 15 is 0 Å². The lowest BCUT2D eigenvalue weighted by Crippen LogP contribution is -2.13. The van der Waals surface area contributed by atoms with Crippen molar-refractivity contribution < 1.29 is 9.53 Å². The van der Waals surface area contributed by atoms with Crippen molar-refractivity contribution >= 4 is 61.8 Å². The minimum atomic E-state index is -0.465. The first-order chi connectivity index (χ1) is 17.6. The third-order valence-electron chi connectivity index (χ3n) is 5.93. The summed E-state index contributed by atoms with van der Waals surface area (Å²) in [4.78, 5) is 13.0. The highest BCUT2D eigenvalue weighted by Gasteiger charge is 2.14. The zero-order valence-corrected chi connectivity index (χ0v) is 21.4. The average molecular weight is 580 g/mol. The topological polar surface area (TPSA) is 62.1 Å². The molecule has 1 N–H and O–H groups in total. The molecule has 0 saturated carbocycles. The quantitative estimate of drug-likeness (QED) is 0.127. The molecule has 0 atom stereocenters. The van der Waals surface area contributed by atoms with Crippen molar-refractivity contribution in [1.29, 1.82) is 5.26 Å². The van der Waals surface area contributed by atoms with E-state index in [9.17, 15) is 10.1 Å². The lowest BCUT2D eigenvalue weighted by Gasteiger charge is -2.14. The summed E-state index contributed by atoms with van der Waals surface area (Å²) in [5.41, 5.74) is 2.40. The van der Waals surface area contributed by atoms with Gasteiger partial charge in [0.05, 0.1) is 0 Å². The largest absolute Gasteiger partial charge is 0.488 e. The van der Waals surface area contributed by atoms with Crippen molar-refractivity contribution in [3.63, 3.8) is 0 Å². The number of carbonyl (C=O) groups is 1. The number of nitrogens with one attached hydrogen (secondary N) is 1. The fourth-order valence-corrected chi connectivity index (χ4v) is 4.72. The highest BCUT2D eigenvalue weighted by Crippen LogP contribution is 2.32. The maximum Gasteiger partial charge on any atom is 0.266 e. The van der Waals surface area contributed by atoms with E-state index in [0.29, 0.717) is 23.6 Å². The van der Waals surface area contributed by atoms with Crippen LogP contribution in [0.1, 0.15) is 11.1 Å². The first-order valence-electron chi connectivity index (χ1n) is 11.4. The second-order valence-electron chi connectivity index (χ2n) is 8.26. The Morgan fingerprint density at radius 3 is 2.33 bits per heavy atom. The molecule has 0 radical (unpaired) electrons. The van der Waals surface area contributed by atoms with Crippen LogP contribution in [0, 0.1) is 14.9 Å². The summed E-state index contributed by atoms with van der Waals surface area (Å²) in [6.07, 6.45) is 1.62. The zero-order chi connectivity index (χ0) is 24.9. The number of hydrogen-bond donors (Lipinski definition) is 1. The van der Waals surface area contributed by atoms with Crippen LogP contribution in [0.3, 0.4) is 0 Å². The maximum absolute atomic E-state index is 13.0. The van der Waals surface area contributed by atoms with Crippen LogP contribution in [0.25, 0.3) is 27.6 Å². The SMILES string of the molecule is N#C/C(=C\c1c(OCc2cccc3ccccc23)ccc2ccccc12)C(=O)Nc1cccc(I)c1. The molecule has 0 aromatic heterocycles. The highest BCUT2D eigenvalue weighted by atomic mass is 127. The fraction of sp³-hybridized carbons (Fsp3) is 0.0323. The first kappa shape index (κ1) is 23.6. The highest BCUT2D eigenvalue weighted by molar-refractivity contribution is 14.1. The number of anilines is 1. The van der Waals surface area contributed by atoms with Gasteiger partial charge in [0.25, 0.3) is 5.91 Å². The summed E-state index contributed by atoms with van der Waals surface area (Å²) in [6, 6.07) is 35.6. The molecule has 5 heteroatoms. The van der Waals surface area contributed by atoms with Crippen LogP contribution in [0.15, 0.2) is 109 Å². The molecule has 5 rings (SSSR count). The minimum absolute atomic E-state index is 0.000209. The molecule has 0 fully saturated rings. The number of benzene rings is 5. The Bertz CT molecular complexity index is 1660. The predicted octanol–water partition coefficient (Wildman–Crippen LogP) is 7.72. The minimum Gasteiger partial charge on any atom is -0.488 e. The molecule has 36 heavy (non-hydrogen) atoms. The number of rotatable bonds is 6. The van der Waals surface area contributed by atoms with Gasteiger partial charge in [-0.15, -0.1) is 0 Å². The van der Waals surface area contributed by atoms with E-state index in [1.54, 1.807) is 12.1 Å². The van der Waals surface area contributed by atoms with Crippen LogP contribution in [0.4, 0.5) is 5.69 Å². The van der Waals surface area contributed by atoms with Gasteiger partial charge in [-0.1, -0.05) is 78.9 Å². The van der Waals surface area contributed by atoms with Gasteiger partial charge in [-0.3, -0.25) is 4.79 Å². The summed E-state index contributed by atoms with van der Waals surface area (Å²) >= 11 is 2.18. The van der Waals surface area contributed by atoms with Gasteiger partial charge in [0.2, 0.25) is 0 Å². The summed E-state index contributed by atoms with van der Waals surface area (Å²) < 4.78 is 7.30. The molecule has 4 nitrogen and oxygen atoms in total. The molecule has 5 aromatic carbocycles. The molecule has 0 aliphatic rings. The fourth-order valence-electron chi connectivity index (χ4n) is 4.18. The monoisotopic (exact) mass is 580 g/mol. The Balaban J connectivity index is 1.52. The second kappa shape index (κ2) is 10.6. The summed E-state index contributed by atoms with van der Waals surface area (Å²) in [6.45, 7) is 0.358. The third kappa shape index (κ3) is 5.09. The lowest BCUT2D eigenvalue weighted by molar-refractivity contribution is -0.112. The van der Waals surface area contributed by atoms with E-state index in [1.807, 2.05) is 78.9 Å². The molecule has 0 saturated heterocycles. The molecule has 0 heterocycles. The maximum atomic E-state index is 13.0. The van der Waals surface area contributed by atoms with E-state index in [4.69, 9.17) is 4.74 Å². The summed E-state index contributed by atoms with van der Waals surface area (Å²) in [5, 5.41) is 16.9. The molecule has 0 unspecified atom stereocenters. The molecule has 0 aliphatic heterocycles. The Morgan fingerprint density at radius 2 is 1.56 bits per heavy atom. The van der Waals surface area contributed by atoms with E-state index in [1.165, 1.54) is 0 Å². The number of halogens is 1. The van der Waals surface area contributed by atoms with E-state index in [2.05, 4.69) is 52.2 Å². The average Bonchev–Trinajstić information content (AvgIpc) is 2.90. The van der Waals surface area contributed by atoms with Gasteiger partial charge in [0.1, 0.15) is 24.0 Å². The van der Waals surface area contributed by atoms with Gasteiger partial charge in [-0.25, -0.2) is 0 Å². The van der Waals surface area contributed by atoms with Crippen LogP contribution in [0.2, 0.25) is 0 Å². The van der Waals surface area contributed by atoms with Crippen LogP contribution in [0.5, 0.6) is 5.75 Å². The Hall–Kier alpha value is -4.15. The van der Waals surface area contributed by atoms with E-state index in [-0.39, 0.29) is 5.57 Å². The first-order valence-corrected chi connectivity index (χ1v) is 12.5. The molecule has 174 valence electrons. The van der Waals surface area contributed by atoms with Gasteiger partial charge in [-0.2, -0.15) is 5.26 Å². The number of ether oxygens (including phenoxy) is 1. The van der Waals surface area contributed by atoms with Crippen molar-refractivity contribution in [2.24, 2.45) is 0 Å². The zero-order valence-electron chi connectivity index (χ0n) is 19.2. The van der Waals surface area contributed by atoms with Gasteiger partial charge >= 0.3 is 0 Å². The van der Waals surface area contributed by atoms with Crippen molar-refractivity contribution in [2.75, 3.05) is 5.32 Å². The smallest absolute Gasteiger partial charge is 0.266 e. The normalized spacial score (nSPS) is 11.3. The Labute approximate surface area is 223 Å². The summed E-state index contributed by atoms with van der Waals surface area (Å²) in [5.74, 6) is 0.142.